The monoisotopic (exact) mass is 212 g/mol. The zero-order valence-electron chi connectivity index (χ0n) is 9.15. The quantitative estimate of drug-likeness (QED) is 0.344. The van der Waals surface area contributed by atoms with Crippen molar-refractivity contribution in [2.75, 3.05) is 0 Å². The Bertz CT molecular complexity index is 197. The number of allylic oxidation sites excluding steroid dienone is 2. The molecular weight excluding hydrogens is 192 g/mol. The molecule has 15 heavy (non-hydrogen) atoms. The molecule has 86 valence electrons. The highest BCUT2D eigenvalue weighted by molar-refractivity contribution is 5.66. The van der Waals surface area contributed by atoms with Crippen LogP contribution in [-0.4, -0.2) is 17.4 Å². The average Bonchev–Trinajstić information content (AvgIpc) is 2.20. The fourth-order valence-corrected chi connectivity index (χ4v) is 1.29. The van der Waals surface area contributed by atoms with Gasteiger partial charge >= 0.3 is 5.97 Å². The zero-order chi connectivity index (χ0) is 11.4. The van der Waals surface area contributed by atoms with Crippen molar-refractivity contribution in [2.24, 2.45) is 0 Å². The molecule has 0 radical (unpaired) electrons. The first-order chi connectivity index (χ1) is 7.27. The lowest BCUT2D eigenvalue weighted by atomic mass is 10.1. The van der Waals surface area contributed by atoms with Gasteiger partial charge in [0.1, 0.15) is 6.29 Å². The number of hydrogen-bond acceptors (Lipinski definition) is 2. The SMILES string of the molecule is O=CCCCCCC/C=C/CCC(=O)O. The summed E-state index contributed by atoms with van der Waals surface area (Å²) < 4.78 is 0. The molecule has 0 saturated heterocycles. The summed E-state index contributed by atoms with van der Waals surface area (Å²) in [5.41, 5.74) is 0. The Morgan fingerprint density at radius 3 is 2.13 bits per heavy atom. The van der Waals surface area contributed by atoms with Gasteiger partial charge in [0.05, 0.1) is 0 Å². The number of carbonyl (C=O) groups excluding carboxylic acids is 1. The highest BCUT2D eigenvalue weighted by Crippen LogP contribution is 2.05. The summed E-state index contributed by atoms with van der Waals surface area (Å²) >= 11 is 0. The smallest absolute Gasteiger partial charge is 0.303 e. The van der Waals surface area contributed by atoms with Crippen molar-refractivity contribution in [1.82, 2.24) is 0 Å². The normalized spacial score (nSPS) is 10.7. The molecule has 0 heterocycles. The van der Waals surface area contributed by atoms with Crippen molar-refractivity contribution in [2.45, 2.75) is 51.4 Å². The molecule has 0 aliphatic carbocycles. The minimum absolute atomic E-state index is 0.218. The molecule has 0 bridgehead atoms. The van der Waals surface area contributed by atoms with Gasteiger partial charge in [-0.2, -0.15) is 0 Å². The molecule has 1 N–H and O–H groups in total. The van der Waals surface area contributed by atoms with Crippen LogP contribution in [0.5, 0.6) is 0 Å². The van der Waals surface area contributed by atoms with E-state index in [1.165, 1.54) is 0 Å². The highest BCUT2D eigenvalue weighted by Gasteiger charge is 1.91. The van der Waals surface area contributed by atoms with E-state index in [9.17, 15) is 9.59 Å². The third kappa shape index (κ3) is 12.9. The fraction of sp³-hybridized carbons (Fsp3) is 0.667. The van der Waals surface area contributed by atoms with Crippen LogP contribution in [0.25, 0.3) is 0 Å². The highest BCUT2D eigenvalue weighted by atomic mass is 16.4. The first-order valence-corrected chi connectivity index (χ1v) is 5.58. The van der Waals surface area contributed by atoms with Gasteiger partial charge in [0.25, 0.3) is 0 Å². The number of unbranched alkanes of at least 4 members (excludes halogenated alkanes) is 5. The lowest BCUT2D eigenvalue weighted by Gasteiger charge is -1.95. The molecule has 0 aromatic heterocycles. The predicted octanol–water partition coefficient (Wildman–Crippen LogP) is 2.95. The second kappa shape index (κ2) is 11.0. The minimum atomic E-state index is -0.742. The number of rotatable bonds is 10. The molecule has 0 atom stereocenters. The zero-order valence-corrected chi connectivity index (χ0v) is 9.15. The molecule has 0 unspecified atom stereocenters. The van der Waals surface area contributed by atoms with Crippen LogP contribution in [0.15, 0.2) is 12.2 Å². The van der Waals surface area contributed by atoms with Gasteiger partial charge in [-0.05, 0) is 25.7 Å². The van der Waals surface area contributed by atoms with Gasteiger partial charge in [-0.1, -0.05) is 25.0 Å². The van der Waals surface area contributed by atoms with Gasteiger partial charge in [-0.25, -0.2) is 0 Å². The lowest BCUT2D eigenvalue weighted by Crippen LogP contribution is -1.91. The van der Waals surface area contributed by atoms with E-state index < -0.39 is 5.97 Å². The van der Waals surface area contributed by atoms with Gasteiger partial charge in [0, 0.05) is 12.8 Å². The van der Waals surface area contributed by atoms with E-state index in [1.807, 2.05) is 12.2 Å². The topological polar surface area (TPSA) is 54.4 Å². The molecule has 0 aromatic rings. The fourth-order valence-electron chi connectivity index (χ4n) is 1.29. The minimum Gasteiger partial charge on any atom is -0.481 e. The van der Waals surface area contributed by atoms with Gasteiger partial charge < -0.3 is 9.90 Å². The van der Waals surface area contributed by atoms with Crippen LogP contribution in [0.4, 0.5) is 0 Å². The number of aldehydes is 1. The second-order valence-corrected chi connectivity index (χ2v) is 3.56. The molecule has 0 aromatic carbocycles. The summed E-state index contributed by atoms with van der Waals surface area (Å²) in [6.45, 7) is 0. The molecule has 0 spiro atoms. The largest absolute Gasteiger partial charge is 0.481 e. The summed E-state index contributed by atoms with van der Waals surface area (Å²) in [4.78, 5) is 20.2. The van der Waals surface area contributed by atoms with Crippen molar-refractivity contribution >= 4 is 12.3 Å². The van der Waals surface area contributed by atoms with Gasteiger partial charge in [-0.15, -0.1) is 0 Å². The third-order valence-electron chi connectivity index (χ3n) is 2.13. The number of aliphatic carboxylic acids is 1. The van der Waals surface area contributed by atoms with E-state index >= 15 is 0 Å². The van der Waals surface area contributed by atoms with Crippen LogP contribution >= 0.6 is 0 Å². The number of carboxylic acid groups (broad SMARTS) is 1. The number of carboxylic acids is 1. The molecule has 0 saturated carbocycles. The Balaban J connectivity index is 3.09. The molecule has 0 amide bonds. The van der Waals surface area contributed by atoms with Crippen LogP contribution in [0, 0.1) is 0 Å². The molecule has 0 rings (SSSR count). The van der Waals surface area contributed by atoms with E-state index in [4.69, 9.17) is 5.11 Å². The van der Waals surface area contributed by atoms with Crippen LogP contribution in [0.3, 0.4) is 0 Å². The second-order valence-electron chi connectivity index (χ2n) is 3.56. The van der Waals surface area contributed by atoms with E-state index in [1.54, 1.807) is 0 Å². The first kappa shape index (κ1) is 13.9. The molecule has 0 aliphatic rings. The third-order valence-corrected chi connectivity index (χ3v) is 2.13. The Kier molecular flexibility index (Phi) is 10.1. The van der Waals surface area contributed by atoms with Crippen molar-refractivity contribution in [3.63, 3.8) is 0 Å². The maximum absolute atomic E-state index is 10.2. The van der Waals surface area contributed by atoms with Crippen molar-refractivity contribution in [3.8, 4) is 0 Å². The van der Waals surface area contributed by atoms with Crippen molar-refractivity contribution < 1.29 is 14.7 Å². The van der Waals surface area contributed by atoms with Gasteiger partial charge in [-0.3, -0.25) is 4.79 Å². The Morgan fingerprint density at radius 2 is 1.53 bits per heavy atom. The van der Waals surface area contributed by atoms with E-state index in [-0.39, 0.29) is 6.42 Å². The van der Waals surface area contributed by atoms with E-state index in [2.05, 4.69) is 0 Å². The van der Waals surface area contributed by atoms with Gasteiger partial charge in [0.15, 0.2) is 0 Å². The van der Waals surface area contributed by atoms with Gasteiger partial charge in [0.2, 0.25) is 0 Å². The summed E-state index contributed by atoms with van der Waals surface area (Å²) in [6.07, 6.45) is 11.9. The van der Waals surface area contributed by atoms with E-state index in [0.717, 1.165) is 38.4 Å². The molecule has 3 heteroatoms. The summed E-state index contributed by atoms with van der Waals surface area (Å²) in [5, 5.41) is 8.37. The Morgan fingerprint density at radius 1 is 0.933 bits per heavy atom. The standard InChI is InChI=1S/C12H20O3/c13-11-9-7-5-3-1-2-4-6-8-10-12(14)15/h4,6,11H,1-3,5,7-10H2,(H,14,15)/b6-4+. The maximum atomic E-state index is 10.2. The molecular formula is C12H20O3. The van der Waals surface area contributed by atoms with Crippen LogP contribution < -0.4 is 0 Å². The van der Waals surface area contributed by atoms with Crippen molar-refractivity contribution in [1.29, 1.82) is 0 Å². The summed E-state index contributed by atoms with van der Waals surface area (Å²) in [6, 6.07) is 0. The maximum Gasteiger partial charge on any atom is 0.303 e. The molecule has 0 fully saturated rings. The summed E-state index contributed by atoms with van der Waals surface area (Å²) in [7, 11) is 0. The Hall–Kier alpha value is -1.12. The average molecular weight is 212 g/mol. The van der Waals surface area contributed by atoms with Crippen molar-refractivity contribution in [3.05, 3.63) is 12.2 Å². The van der Waals surface area contributed by atoms with Crippen LogP contribution in [0.1, 0.15) is 51.4 Å². The first-order valence-electron chi connectivity index (χ1n) is 5.58. The summed E-state index contributed by atoms with van der Waals surface area (Å²) in [5.74, 6) is -0.742. The predicted molar refractivity (Wildman–Crippen MR) is 59.8 cm³/mol. The molecule has 0 aliphatic heterocycles. The van der Waals surface area contributed by atoms with E-state index in [0.29, 0.717) is 12.8 Å². The van der Waals surface area contributed by atoms with Crippen LogP contribution in [0.2, 0.25) is 0 Å². The molecule has 3 nitrogen and oxygen atoms in total. The lowest BCUT2D eigenvalue weighted by molar-refractivity contribution is -0.136. The van der Waals surface area contributed by atoms with Crippen LogP contribution in [-0.2, 0) is 9.59 Å². The number of hydrogen-bond donors (Lipinski definition) is 1. The Labute approximate surface area is 91.2 Å². The number of carbonyl (C=O) groups is 2.